The average Bonchev–Trinajstić information content (AvgIpc) is 2.74. The summed E-state index contributed by atoms with van der Waals surface area (Å²) >= 11 is 0. The molecule has 0 fully saturated rings. The highest BCUT2D eigenvalue weighted by molar-refractivity contribution is 5.86. The van der Waals surface area contributed by atoms with Gasteiger partial charge in [-0.2, -0.15) is 0 Å². The topological polar surface area (TPSA) is 46.5 Å². The number of carbonyl (C=O) groups excluding carboxylic acids is 1. The molecule has 0 atom stereocenters. The Bertz CT molecular complexity index is 999. The maximum Gasteiger partial charge on any atom is 0.333 e. The Hall–Kier alpha value is -3.17. The molecule has 0 aliphatic carbocycles. The van der Waals surface area contributed by atoms with Crippen molar-refractivity contribution in [2.45, 2.75) is 26.9 Å². The Labute approximate surface area is 172 Å². The van der Waals surface area contributed by atoms with Crippen LogP contribution in [0, 0.1) is 6.92 Å². The molecule has 1 N–H and O–H groups in total. The Balaban J connectivity index is 1.78. The fourth-order valence-corrected chi connectivity index (χ4v) is 3.17. The Morgan fingerprint density at radius 3 is 1.93 bits per heavy atom. The minimum absolute atomic E-state index is 0.0452. The Kier molecular flexibility index (Phi) is 6.63. The molecule has 3 aromatic carbocycles. The molecule has 3 nitrogen and oxygen atoms in total. The monoisotopic (exact) mass is 386 g/mol. The minimum atomic E-state index is -0.390. The van der Waals surface area contributed by atoms with Crippen LogP contribution < -0.4 is 0 Å². The maximum atomic E-state index is 11.6. The summed E-state index contributed by atoms with van der Waals surface area (Å²) in [6.07, 6.45) is 0.546. The van der Waals surface area contributed by atoms with E-state index < -0.39 is 5.97 Å². The number of hydrogen-bond donors (Lipinski definition) is 1. The number of aliphatic hydroxyl groups is 1. The van der Waals surface area contributed by atoms with Crippen LogP contribution in [0.1, 0.15) is 23.6 Å². The van der Waals surface area contributed by atoms with Crippen molar-refractivity contribution in [1.82, 2.24) is 0 Å². The molecular weight excluding hydrogens is 360 g/mol. The highest BCUT2D eigenvalue weighted by atomic mass is 16.5. The summed E-state index contributed by atoms with van der Waals surface area (Å²) in [6.45, 7) is 7.51. The molecule has 148 valence electrons. The second kappa shape index (κ2) is 9.35. The van der Waals surface area contributed by atoms with Crippen molar-refractivity contribution < 1.29 is 14.6 Å². The second-order valence-corrected chi connectivity index (χ2v) is 7.25. The van der Waals surface area contributed by atoms with Crippen molar-refractivity contribution in [3.8, 4) is 22.3 Å². The molecule has 0 aromatic heterocycles. The summed E-state index contributed by atoms with van der Waals surface area (Å²) in [5.74, 6) is -0.390. The van der Waals surface area contributed by atoms with Crippen molar-refractivity contribution in [3.63, 3.8) is 0 Å². The van der Waals surface area contributed by atoms with Crippen molar-refractivity contribution in [2.75, 3.05) is 6.61 Å². The molecule has 3 rings (SSSR count). The van der Waals surface area contributed by atoms with Gasteiger partial charge in [0.25, 0.3) is 0 Å². The van der Waals surface area contributed by atoms with E-state index in [4.69, 9.17) is 4.74 Å². The van der Waals surface area contributed by atoms with Crippen LogP contribution in [0.5, 0.6) is 0 Å². The van der Waals surface area contributed by atoms with E-state index in [-0.39, 0.29) is 13.2 Å². The molecule has 0 aliphatic heterocycles. The van der Waals surface area contributed by atoms with Gasteiger partial charge in [-0.25, -0.2) is 4.79 Å². The number of esters is 1. The molecule has 3 aromatic rings. The number of aliphatic hydroxyl groups excluding tert-OH is 1. The summed E-state index contributed by atoms with van der Waals surface area (Å²) in [5, 5.41) is 9.64. The van der Waals surface area contributed by atoms with Crippen LogP contribution in [-0.2, 0) is 22.6 Å². The van der Waals surface area contributed by atoms with Crippen LogP contribution in [0.25, 0.3) is 22.3 Å². The molecule has 3 heteroatoms. The van der Waals surface area contributed by atoms with Crippen molar-refractivity contribution in [2.24, 2.45) is 0 Å². The zero-order chi connectivity index (χ0) is 20.8. The lowest BCUT2D eigenvalue weighted by molar-refractivity contribution is -0.138. The van der Waals surface area contributed by atoms with Crippen LogP contribution in [0.3, 0.4) is 0 Å². The lowest BCUT2D eigenvalue weighted by Gasteiger charge is -2.12. The fourth-order valence-electron chi connectivity index (χ4n) is 3.17. The Morgan fingerprint density at radius 2 is 1.38 bits per heavy atom. The number of rotatable bonds is 7. The summed E-state index contributed by atoms with van der Waals surface area (Å²) in [4.78, 5) is 11.6. The van der Waals surface area contributed by atoms with E-state index in [2.05, 4.69) is 68.1 Å². The third kappa shape index (κ3) is 5.21. The molecule has 0 aliphatic rings. The van der Waals surface area contributed by atoms with Gasteiger partial charge in [-0.15, -0.1) is 0 Å². The standard InChI is InChI=1S/C26H26O3/c1-18(2)26(28)29-15-14-24-16-23(12-13-25(24)17-27)22-10-8-21(9-11-22)20-6-4-19(3)5-7-20/h4-13,16,27H,1,14-15,17H2,2-3H3. The summed E-state index contributed by atoms with van der Waals surface area (Å²) < 4.78 is 5.21. The van der Waals surface area contributed by atoms with Gasteiger partial charge in [-0.3, -0.25) is 0 Å². The SMILES string of the molecule is C=C(C)C(=O)OCCc1cc(-c2ccc(-c3ccc(C)cc3)cc2)ccc1CO. The first-order valence-corrected chi connectivity index (χ1v) is 9.70. The molecule has 0 radical (unpaired) electrons. The highest BCUT2D eigenvalue weighted by Crippen LogP contribution is 2.27. The first-order valence-electron chi connectivity index (χ1n) is 9.70. The van der Waals surface area contributed by atoms with Crippen LogP contribution in [0.2, 0.25) is 0 Å². The highest BCUT2D eigenvalue weighted by Gasteiger charge is 2.08. The minimum Gasteiger partial charge on any atom is -0.462 e. The first-order chi connectivity index (χ1) is 14.0. The zero-order valence-corrected chi connectivity index (χ0v) is 16.9. The quantitative estimate of drug-likeness (QED) is 0.432. The number of carbonyl (C=O) groups is 1. The summed E-state index contributed by atoms with van der Waals surface area (Å²) in [7, 11) is 0. The first kappa shape index (κ1) is 20.6. The van der Waals surface area contributed by atoms with E-state index in [1.807, 2.05) is 12.1 Å². The number of aryl methyl sites for hydroxylation is 1. The lowest BCUT2D eigenvalue weighted by atomic mass is 9.96. The predicted octanol–water partition coefficient (Wildman–Crippen LogP) is 5.48. The normalized spacial score (nSPS) is 10.6. The molecule has 0 unspecified atom stereocenters. The van der Waals surface area contributed by atoms with E-state index >= 15 is 0 Å². The van der Waals surface area contributed by atoms with Crippen LogP contribution >= 0.6 is 0 Å². The smallest absolute Gasteiger partial charge is 0.333 e. The van der Waals surface area contributed by atoms with Gasteiger partial charge in [0.1, 0.15) is 0 Å². The van der Waals surface area contributed by atoms with Gasteiger partial charge in [0, 0.05) is 12.0 Å². The molecule has 0 saturated carbocycles. The van der Waals surface area contributed by atoms with E-state index in [0.717, 1.165) is 22.3 Å². The number of hydrogen-bond acceptors (Lipinski definition) is 3. The van der Waals surface area contributed by atoms with Gasteiger partial charge in [-0.05, 0) is 47.2 Å². The Morgan fingerprint density at radius 1 is 0.862 bits per heavy atom. The lowest BCUT2D eigenvalue weighted by Crippen LogP contribution is -2.09. The molecule has 0 spiro atoms. The predicted molar refractivity (Wildman–Crippen MR) is 117 cm³/mol. The van der Waals surface area contributed by atoms with Crippen LogP contribution in [0.15, 0.2) is 78.9 Å². The number of ether oxygens (including phenoxy) is 1. The second-order valence-electron chi connectivity index (χ2n) is 7.25. The summed E-state index contributed by atoms with van der Waals surface area (Å²) in [6, 6.07) is 22.9. The average molecular weight is 386 g/mol. The third-order valence-corrected chi connectivity index (χ3v) is 4.93. The third-order valence-electron chi connectivity index (χ3n) is 4.93. The van der Waals surface area contributed by atoms with Gasteiger partial charge < -0.3 is 9.84 Å². The van der Waals surface area contributed by atoms with E-state index in [0.29, 0.717) is 12.0 Å². The van der Waals surface area contributed by atoms with Gasteiger partial charge in [0.15, 0.2) is 0 Å². The van der Waals surface area contributed by atoms with Gasteiger partial charge in [-0.1, -0.05) is 78.9 Å². The molecule has 0 bridgehead atoms. The fraction of sp³-hybridized carbons (Fsp3) is 0.192. The molecule has 0 amide bonds. The maximum absolute atomic E-state index is 11.6. The zero-order valence-electron chi connectivity index (χ0n) is 16.9. The van der Waals surface area contributed by atoms with Crippen LogP contribution in [0.4, 0.5) is 0 Å². The van der Waals surface area contributed by atoms with Crippen LogP contribution in [-0.4, -0.2) is 17.7 Å². The van der Waals surface area contributed by atoms with Gasteiger partial charge in [0.2, 0.25) is 0 Å². The van der Waals surface area contributed by atoms with E-state index in [9.17, 15) is 9.90 Å². The van der Waals surface area contributed by atoms with Crippen molar-refractivity contribution in [3.05, 3.63) is 95.6 Å². The summed E-state index contributed by atoms with van der Waals surface area (Å²) in [5.41, 5.74) is 7.99. The number of benzene rings is 3. The van der Waals surface area contributed by atoms with Crippen molar-refractivity contribution in [1.29, 1.82) is 0 Å². The van der Waals surface area contributed by atoms with Gasteiger partial charge in [0.05, 0.1) is 13.2 Å². The van der Waals surface area contributed by atoms with Crippen molar-refractivity contribution >= 4 is 5.97 Å². The largest absolute Gasteiger partial charge is 0.462 e. The molecule has 0 saturated heterocycles. The molecule has 29 heavy (non-hydrogen) atoms. The van der Waals surface area contributed by atoms with E-state index in [1.54, 1.807) is 6.92 Å². The van der Waals surface area contributed by atoms with Gasteiger partial charge >= 0.3 is 5.97 Å². The molecular formula is C26H26O3. The van der Waals surface area contributed by atoms with E-state index in [1.165, 1.54) is 16.7 Å². The molecule has 0 heterocycles.